The lowest BCUT2D eigenvalue weighted by atomic mass is 10.0. The van der Waals surface area contributed by atoms with Crippen molar-refractivity contribution in [2.45, 2.75) is 6.42 Å². The van der Waals surface area contributed by atoms with Gasteiger partial charge in [-0.3, -0.25) is 4.79 Å². The minimum Gasteiger partial charge on any atom is -0.378 e. The van der Waals surface area contributed by atoms with Gasteiger partial charge in [-0.2, -0.15) is 0 Å². The topological polar surface area (TPSA) is 58.2 Å². The van der Waals surface area contributed by atoms with Crippen LogP contribution < -0.4 is 0 Å². The smallest absolute Gasteiger partial charge is 0.229 e. The zero-order chi connectivity index (χ0) is 19.6. The molecule has 3 heterocycles. The van der Waals surface area contributed by atoms with Gasteiger partial charge in [0.25, 0.3) is 0 Å². The Morgan fingerprint density at radius 2 is 1.83 bits per heavy atom. The van der Waals surface area contributed by atoms with Crippen molar-refractivity contribution in [3.63, 3.8) is 0 Å². The Hall–Kier alpha value is -2.96. The van der Waals surface area contributed by atoms with E-state index >= 15 is 0 Å². The molecule has 1 saturated heterocycles. The molecule has 2 aromatic carbocycles. The molecule has 0 bridgehead atoms. The molecule has 5 rings (SSSR count). The molecule has 2 aromatic heterocycles. The molecular formula is C23H21N3O2S. The fourth-order valence-corrected chi connectivity index (χ4v) is 4.57. The molecule has 1 aliphatic heterocycles. The first-order chi connectivity index (χ1) is 14.3. The normalized spacial score (nSPS) is 14.4. The van der Waals surface area contributed by atoms with Gasteiger partial charge in [-0.25, -0.2) is 4.98 Å². The molecule has 1 amide bonds. The van der Waals surface area contributed by atoms with Crippen LogP contribution in [0.4, 0.5) is 0 Å². The largest absolute Gasteiger partial charge is 0.378 e. The van der Waals surface area contributed by atoms with Crippen molar-refractivity contribution < 1.29 is 9.53 Å². The van der Waals surface area contributed by atoms with E-state index in [4.69, 9.17) is 9.72 Å². The number of H-pyrrole nitrogens is 1. The van der Waals surface area contributed by atoms with Crippen molar-refractivity contribution in [1.82, 2.24) is 14.9 Å². The number of morpholine rings is 1. The number of hydrogen-bond donors (Lipinski definition) is 1. The predicted molar refractivity (Wildman–Crippen MR) is 116 cm³/mol. The lowest BCUT2D eigenvalue weighted by Crippen LogP contribution is -2.41. The van der Waals surface area contributed by atoms with Crippen LogP contribution in [-0.2, 0) is 16.0 Å². The molecule has 0 saturated carbocycles. The fraction of sp³-hybridized carbons (Fsp3) is 0.217. The number of rotatable bonds is 4. The van der Waals surface area contributed by atoms with Crippen molar-refractivity contribution in [2.75, 3.05) is 26.3 Å². The van der Waals surface area contributed by atoms with Crippen LogP contribution >= 0.6 is 11.3 Å². The Morgan fingerprint density at radius 3 is 2.66 bits per heavy atom. The second-order valence-corrected chi connectivity index (χ2v) is 8.03. The summed E-state index contributed by atoms with van der Waals surface area (Å²) in [5.74, 6) is 0.122. The van der Waals surface area contributed by atoms with Crippen molar-refractivity contribution in [1.29, 1.82) is 0 Å². The highest BCUT2D eigenvalue weighted by Gasteiger charge is 2.21. The number of thiazole rings is 1. The maximum Gasteiger partial charge on any atom is 0.229 e. The Bertz CT molecular complexity index is 1140. The van der Waals surface area contributed by atoms with E-state index in [1.807, 2.05) is 35.2 Å². The predicted octanol–water partition coefficient (Wildman–Crippen LogP) is 4.36. The van der Waals surface area contributed by atoms with Crippen molar-refractivity contribution in [3.05, 3.63) is 65.0 Å². The number of para-hydroxylation sites is 1. The SMILES string of the molecule is O=C(Cc1nc(-c2c(-c3ccccc3)[nH]c3ccccc23)cs1)N1CCOCC1. The van der Waals surface area contributed by atoms with Gasteiger partial charge in [-0.15, -0.1) is 11.3 Å². The number of hydrogen-bond acceptors (Lipinski definition) is 4. The van der Waals surface area contributed by atoms with Gasteiger partial charge in [0.15, 0.2) is 0 Å². The van der Waals surface area contributed by atoms with Crippen LogP contribution in [0.25, 0.3) is 33.4 Å². The number of aromatic nitrogens is 2. The van der Waals surface area contributed by atoms with Crippen LogP contribution in [0, 0.1) is 0 Å². The Balaban J connectivity index is 1.50. The number of benzene rings is 2. The van der Waals surface area contributed by atoms with E-state index in [9.17, 15) is 4.79 Å². The number of nitrogens with one attached hydrogen (secondary N) is 1. The van der Waals surface area contributed by atoms with E-state index in [1.54, 1.807) is 11.3 Å². The van der Waals surface area contributed by atoms with Crippen LogP contribution in [0.5, 0.6) is 0 Å². The summed E-state index contributed by atoms with van der Waals surface area (Å²) in [6.07, 6.45) is 0.341. The summed E-state index contributed by atoms with van der Waals surface area (Å²) >= 11 is 1.55. The van der Waals surface area contributed by atoms with Gasteiger partial charge in [0.05, 0.1) is 31.0 Å². The number of fused-ring (bicyclic) bond motifs is 1. The van der Waals surface area contributed by atoms with Crippen LogP contribution in [0.2, 0.25) is 0 Å². The van der Waals surface area contributed by atoms with E-state index in [1.165, 1.54) is 0 Å². The molecule has 29 heavy (non-hydrogen) atoms. The van der Waals surface area contributed by atoms with Crippen molar-refractivity contribution in [3.8, 4) is 22.5 Å². The second kappa shape index (κ2) is 7.81. The summed E-state index contributed by atoms with van der Waals surface area (Å²) in [4.78, 5) is 22.9. The average Bonchev–Trinajstić information content (AvgIpc) is 3.39. The van der Waals surface area contributed by atoms with Crippen LogP contribution in [0.1, 0.15) is 5.01 Å². The standard InChI is InChI=1S/C23H21N3O2S/c27-21(26-10-12-28-13-11-26)14-20-24-19(15-29-20)22-17-8-4-5-9-18(17)25-23(22)16-6-2-1-3-7-16/h1-9,15,25H,10-14H2. The molecular weight excluding hydrogens is 382 g/mol. The van der Waals surface area contributed by atoms with Crippen LogP contribution in [-0.4, -0.2) is 47.1 Å². The zero-order valence-corrected chi connectivity index (χ0v) is 16.7. The molecule has 1 fully saturated rings. The highest BCUT2D eigenvalue weighted by Crippen LogP contribution is 2.38. The Kier molecular flexibility index (Phi) is 4.87. The molecule has 5 nitrogen and oxygen atoms in total. The first-order valence-corrected chi connectivity index (χ1v) is 10.6. The molecule has 146 valence electrons. The summed E-state index contributed by atoms with van der Waals surface area (Å²) in [7, 11) is 0. The van der Waals surface area contributed by atoms with Gasteiger partial charge < -0.3 is 14.6 Å². The molecule has 1 N–H and O–H groups in total. The third-order valence-electron chi connectivity index (χ3n) is 5.24. The van der Waals surface area contributed by atoms with E-state index in [0.717, 1.165) is 38.4 Å². The third-order valence-corrected chi connectivity index (χ3v) is 6.09. The Labute approximate surface area is 173 Å². The van der Waals surface area contributed by atoms with Gasteiger partial charge >= 0.3 is 0 Å². The summed E-state index contributed by atoms with van der Waals surface area (Å²) < 4.78 is 5.34. The summed E-state index contributed by atoms with van der Waals surface area (Å²) in [6, 6.07) is 18.6. The number of amides is 1. The first kappa shape index (κ1) is 18.1. The van der Waals surface area contributed by atoms with Gasteiger partial charge in [0, 0.05) is 34.9 Å². The minimum atomic E-state index is 0.122. The summed E-state index contributed by atoms with van der Waals surface area (Å²) in [5.41, 5.74) is 5.27. The molecule has 0 spiro atoms. The molecule has 6 heteroatoms. The molecule has 0 atom stereocenters. The number of carbonyl (C=O) groups excluding carboxylic acids is 1. The molecule has 0 radical (unpaired) electrons. The molecule has 4 aromatic rings. The highest BCUT2D eigenvalue weighted by molar-refractivity contribution is 7.10. The quantitative estimate of drug-likeness (QED) is 0.551. The van der Waals surface area contributed by atoms with Crippen LogP contribution in [0.3, 0.4) is 0 Å². The lowest BCUT2D eigenvalue weighted by Gasteiger charge is -2.26. The third kappa shape index (κ3) is 3.57. The van der Waals surface area contributed by atoms with Crippen molar-refractivity contribution >= 4 is 28.1 Å². The van der Waals surface area contributed by atoms with Gasteiger partial charge in [-0.05, 0) is 11.6 Å². The maximum absolute atomic E-state index is 12.6. The van der Waals surface area contributed by atoms with Gasteiger partial charge in [0.1, 0.15) is 5.01 Å². The fourth-order valence-electron chi connectivity index (χ4n) is 3.79. The van der Waals surface area contributed by atoms with E-state index < -0.39 is 0 Å². The zero-order valence-electron chi connectivity index (χ0n) is 15.9. The number of carbonyl (C=O) groups is 1. The lowest BCUT2D eigenvalue weighted by molar-refractivity contribution is -0.134. The summed E-state index contributed by atoms with van der Waals surface area (Å²) in [5, 5.41) is 4.05. The molecule has 0 unspecified atom stereocenters. The highest BCUT2D eigenvalue weighted by atomic mass is 32.1. The molecule has 0 aliphatic carbocycles. The number of ether oxygens (including phenoxy) is 1. The number of nitrogens with zero attached hydrogens (tertiary/aromatic N) is 2. The monoisotopic (exact) mass is 403 g/mol. The average molecular weight is 404 g/mol. The second-order valence-electron chi connectivity index (χ2n) is 7.08. The van der Waals surface area contributed by atoms with Gasteiger partial charge in [-0.1, -0.05) is 48.5 Å². The first-order valence-electron chi connectivity index (χ1n) is 9.76. The molecule has 1 aliphatic rings. The van der Waals surface area contributed by atoms with Gasteiger partial charge in [0.2, 0.25) is 5.91 Å². The minimum absolute atomic E-state index is 0.122. The summed E-state index contributed by atoms with van der Waals surface area (Å²) in [6.45, 7) is 2.56. The maximum atomic E-state index is 12.6. The van der Waals surface area contributed by atoms with Crippen LogP contribution in [0.15, 0.2) is 60.0 Å². The van der Waals surface area contributed by atoms with E-state index in [2.05, 4.69) is 34.6 Å². The van der Waals surface area contributed by atoms with Crippen molar-refractivity contribution in [2.24, 2.45) is 0 Å². The number of aromatic amines is 1. The Morgan fingerprint density at radius 1 is 1.07 bits per heavy atom. The van der Waals surface area contributed by atoms with E-state index in [-0.39, 0.29) is 5.91 Å². The van der Waals surface area contributed by atoms with E-state index in [0.29, 0.717) is 32.7 Å².